The van der Waals surface area contributed by atoms with Crippen molar-refractivity contribution >= 4 is 27.8 Å². The first-order valence-corrected chi connectivity index (χ1v) is 7.75. The summed E-state index contributed by atoms with van der Waals surface area (Å²) in [6.07, 6.45) is 0. The molecule has 4 nitrogen and oxygen atoms in total. The van der Waals surface area contributed by atoms with Crippen LogP contribution in [0.25, 0.3) is 21.9 Å². The Morgan fingerprint density at radius 2 is 1.70 bits per heavy atom. The number of fused-ring (bicyclic) bond motifs is 3. The minimum Gasteiger partial charge on any atom is -0.371 e. The van der Waals surface area contributed by atoms with E-state index in [-0.39, 0.29) is 0 Å². The minimum absolute atomic E-state index is 0.806. The van der Waals surface area contributed by atoms with Gasteiger partial charge in [0.25, 0.3) is 0 Å². The van der Waals surface area contributed by atoms with Crippen molar-refractivity contribution in [3.05, 3.63) is 66.0 Å². The third-order valence-corrected chi connectivity index (χ3v) is 4.19. The first kappa shape index (κ1) is 13.8. The van der Waals surface area contributed by atoms with Crippen molar-refractivity contribution in [3.63, 3.8) is 0 Å². The van der Waals surface area contributed by atoms with Crippen LogP contribution in [0.1, 0.15) is 11.4 Å². The number of hydrogen-bond donors (Lipinski definition) is 1. The van der Waals surface area contributed by atoms with Gasteiger partial charge in [-0.05, 0) is 18.6 Å². The van der Waals surface area contributed by atoms with Gasteiger partial charge in [0.05, 0.1) is 11.0 Å². The Labute approximate surface area is 134 Å². The lowest BCUT2D eigenvalue weighted by molar-refractivity contribution is 0.788. The maximum Gasteiger partial charge on any atom is 0.154 e. The molecule has 0 fully saturated rings. The molecule has 1 N–H and O–H groups in total. The second kappa shape index (κ2) is 5.39. The van der Waals surface area contributed by atoms with Crippen molar-refractivity contribution in [1.82, 2.24) is 14.5 Å². The highest BCUT2D eigenvalue weighted by Crippen LogP contribution is 2.30. The lowest BCUT2D eigenvalue weighted by atomic mass is 10.1. The molecular formula is C19H18N4. The summed E-state index contributed by atoms with van der Waals surface area (Å²) >= 11 is 0. The smallest absolute Gasteiger partial charge is 0.154 e. The Bertz CT molecular complexity index is 987. The SMILES string of the molecule is CNc1nc2ccccc2c2c1nc(C)n2Cc1ccccc1. The van der Waals surface area contributed by atoms with Crippen molar-refractivity contribution in [2.45, 2.75) is 13.5 Å². The molecule has 2 aromatic heterocycles. The summed E-state index contributed by atoms with van der Waals surface area (Å²) in [7, 11) is 1.89. The van der Waals surface area contributed by atoms with E-state index in [0.717, 1.165) is 40.1 Å². The molecule has 0 aliphatic heterocycles. The average molecular weight is 302 g/mol. The van der Waals surface area contributed by atoms with Gasteiger partial charge in [-0.25, -0.2) is 9.97 Å². The van der Waals surface area contributed by atoms with Gasteiger partial charge in [0, 0.05) is 19.0 Å². The van der Waals surface area contributed by atoms with Crippen LogP contribution in [-0.4, -0.2) is 21.6 Å². The van der Waals surface area contributed by atoms with Crippen LogP contribution in [0.3, 0.4) is 0 Å². The van der Waals surface area contributed by atoms with Crippen molar-refractivity contribution in [1.29, 1.82) is 0 Å². The summed E-state index contributed by atoms with van der Waals surface area (Å²) in [5.74, 6) is 1.83. The van der Waals surface area contributed by atoms with Crippen molar-refractivity contribution < 1.29 is 0 Å². The predicted molar refractivity (Wildman–Crippen MR) is 94.9 cm³/mol. The number of aryl methyl sites for hydroxylation is 1. The lowest BCUT2D eigenvalue weighted by Crippen LogP contribution is -2.02. The van der Waals surface area contributed by atoms with E-state index >= 15 is 0 Å². The summed E-state index contributed by atoms with van der Waals surface area (Å²) < 4.78 is 2.27. The van der Waals surface area contributed by atoms with Crippen molar-refractivity contribution in [3.8, 4) is 0 Å². The molecule has 0 radical (unpaired) electrons. The summed E-state index contributed by atoms with van der Waals surface area (Å²) in [6.45, 7) is 2.86. The Hall–Kier alpha value is -2.88. The van der Waals surface area contributed by atoms with Crippen LogP contribution in [0.15, 0.2) is 54.6 Å². The van der Waals surface area contributed by atoms with Gasteiger partial charge >= 0.3 is 0 Å². The molecule has 0 aliphatic carbocycles. The van der Waals surface area contributed by atoms with Crippen LogP contribution in [0.4, 0.5) is 5.82 Å². The number of para-hydroxylation sites is 1. The van der Waals surface area contributed by atoms with Gasteiger partial charge in [-0.3, -0.25) is 0 Å². The van der Waals surface area contributed by atoms with Crippen molar-refractivity contribution in [2.24, 2.45) is 0 Å². The number of aromatic nitrogens is 3. The van der Waals surface area contributed by atoms with E-state index in [1.807, 2.05) is 25.2 Å². The summed E-state index contributed by atoms with van der Waals surface area (Å²) in [5.41, 5.74) is 4.32. The van der Waals surface area contributed by atoms with E-state index in [4.69, 9.17) is 9.97 Å². The van der Waals surface area contributed by atoms with Gasteiger partial charge in [-0.2, -0.15) is 0 Å². The molecule has 2 aromatic carbocycles. The molecule has 4 rings (SSSR count). The molecule has 0 saturated carbocycles. The summed E-state index contributed by atoms with van der Waals surface area (Å²) in [4.78, 5) is 9.46. The molecule has 0 unspecified atom stereocenters. The van der Waals surface area contributed by atoms with Crippen LogP contribution in [0.2, 0.25) is 0 Å². The average Bonchev–Trinajstić information content (AvgIpc) is 2.92. The van der Waals surface area contributed by atoms with Gasteiger partial charge < -0.3 is 9.88 Å². The van der Waals surface area contributed by atoms with Crippen LogP contribution in [-0.2, 0) is 6.54 Å². The van der Waals surface area contributed by atoms with Gasteiger partial charge in [0.15, 0.2) is 5.82 Å². The minimum atomic E-state index is 0.806. The van der Waals surface area contributed by atoms with E-state index < -0.39 is 0 Å². The third-order valence-electron chi connectivity index (χ3n) is 4.19. The Morgan fingerprint density at radius 3 is 2.48 bits per heavy atom. The monoisotopic (exact) mass is 302 g/mol. The maximum absolute atomic E-state index is 4.77. The number of imidazole rings is 1. The largest absolute Gasteiger partial charge is 0.371 e. The topological polar surface area (TPSA) is 42.7 Å². The zero-order chi connectivity index (χ0) is 15.8. The summed E-state index contributed by atoms with van der Waals surface area (Å²) in [6, 6.07) is 18.7. The molecule has 0 saturated heterocycles. The number of hydrogen-bond acceptors (Lipinski definition) is 3. The molecule has 0 atom stereocenters. The molecule has 0 spiro atoms. The van der Waals surface area contributed by atoms with Gasteiger partial charge in [0.1, 0.15) is 11.3 Å². The number of nitrogens with zero attached hydrogens (tertiary/aromatic N) is 3. The highest BCUT2D eigenvalue weighted by atomic mass is 15.1. The molecule has 114 valence electrons. The third kappa shape index (κ3) is 2.23. The van der Waals surface area contributed by atoms with Gasteiger partial charge in [-0.15, -0.1) is 0 Å². The zero-order valence-electron chi connectivity index (χ0n) is 13.2. The standard InChI is InChI=1S/C19H18N4/c1-13-21-17-18(23(13)12-14-8-4-3-5-9-14)15-10-6-7-11-16(15)22-19(17)20-2/h3-11H,12H2,1-2H3,(H,20,22). The molecule has 23 heavy (non-hydrogen) atoms. The molecular weight excluding hydrogens is 284 g/mol. The first-order valence-electron chi connectivity index (χ1n) is 7.75. The Balaban J connectivity index is 2.03. The Morgan fingerprint density at radius 1 is 0.957 bits per heavy atom. The van der Waals surface area contributed by atoms with E-state index in [0.29, 0.717) is 0 Å². The normalized spacial score (nSPS) is 11.2. The number of anilines is 1. The number of pyridine rings is 1. The van der Waals surface area contributed by atoms with Crippen LogP contribution in [0.5, 0.6) is 0 Å². The fourth-order valence-corrected chi connectivity index (χ4v) is 3.08. The van der Waals surface area contributed by atoms with Crippen LogP contribution < -0.4 is 5.32 Å². The molecule has 0 bridgehead atoms. The van der Waals surface area contributed by atoms with Gasteiger partial charge in [-0.1, -0.05) is 48.5 Å². The van der Waals surface area contributed by atoms with E-state index in [2.05, 4.69) is 53.2 Å². The first-order chi connectivity index (χ1) is 11.3. The highest BCUT2D eigenvalue weighted by molar-refractivity contribution is 6.07. The zero-order valence-corrected chi connectivity index (χ0v) is 13.2. The fraction of sp³-hybridized carbons (Fsp3) is 0.158. The van der Waals surface area contributed by atoms with Crippen LogP contribution in [0, 0.1) is 6.92 Å². The second-order valence-electron chi connectivity index (χ2n) is 5.66. The Kier molecular flexibility index (Phi) is 3.23. The molecule has 2 heterocycles. The molecule has 0 aliphatic rings. The number of nitrogens with one attached hydrogen (secondary N) is 1. The highest BCUT2D eigenvalue weighted by Gasteiger charge is 2.15. The molecule has 4 heteroatoms. The van der Waals surface area contributed by atoms with E-state index in [1.54, 1.807) is 0 Å². The van der Waals surface area contributed by atoms with E-state index in [1.165, 1.54) is 5.56 Å². The maximum atomic E-state index is 4.77. The van der Waals surface area contributed by atoms with Gasteiger partial charge in [0.2, 0.25) is 0 Å². The predicted octanol–water partition coefficient (Wildman–Crippen LogP) is 3.98. The number of rotatable bonds is 3. The second-order valence-corrected chi connectivity index (χ2v) is 5.66. The molecule has 4 aromatic rings. The van der Waals surface area contributed by atoms with Crippen molar-refractivity contribution in [2.75, 3.05) is 12.4 Å². The van der Waals surface area contributed by atoms with E-state index in [9.17, 15) is 0 Å². The number of benzene rings is 2. The fourth-order valence-electron chi connectivity index (χ4n) is 3.08. The quantitative estimate of drug-likeness (QED) is 0.622. The molecule has 0 amide bonds. The summed E-state index contributed by atoms with van der Waals surface area (Å²) in [5, 5.41) is 4.32. The lowest BCUT2D eigenvalue weighted by Gasteiger charge is -2.10. The van der Waals surface area contributed by atoms with Crippen LogP contribution >= 0.6 is 0 Å².